The highest BCUT2D eigenvalue weighted by atomic mass is 35.5. The molecule has 0 aliphatic carbocycles. The quantitative estimate of drug-likeness (QED) is 0.0695. The van der Waals surface area contributed by atoms with Gasteiger partial charge in [0.25, 0.3) is 11.8 Å². The lowest BCUT2D eigenvalue weighted by Crippen LogP contribution is -2.71. The zero-order valence-electron chi connectivity index (χ0n) is 16.7. The van der Waals surface area contributed by atoms with Gasteiger partial charge in [-0.2, -0.15) is 10.3 Å². The van der Waals surface area contributed by atoms with Crippen molar-refractivity contribution < 1.29 is 30.2 Å². The zero-order valence-corrected chi connectivity index (χ0v) is 20.8. The number of H-pyrrole nitrogens is 1. The Balaban J connectivity index is 0.00000204. The Morgan fingerprint density at radius 1 is 1.41 bits per heavy atom. The Morgan fingerprint density at radius 3 is 2.76 bits per heavy atom. The van der Waals surface area contributed by atoms with Crippen molar-refractivity contribution in [2.45, 2.75) is 16.4 Å². The largest absolute Gasteiger partial charge is 0.477 e. The minimum atomic E-state index is -1.22. The maximum atomic E-state index is 12.7. The predicted molar refractivity (Wildman–Crippen MR) is 130 cm³/mol. The van der Waals surface area contributed by atoms with Gasteiger partial charge in [0.1, 0.15) is 27.8 Å². The normalized spacial score (nSPS) is 19.5. The van der Waals surface area contributed by atoms with Crippen LogP contribution in [0.15, 0.2) is 32.4 Å². The molecule has 2 amide bonds. The van der Waals surface area contributed by atoms with Crippen LogP contribution in [0.25, 0.3) is 0 Å². The fourth-order valence-electron chi connectivity index (χ4n) is 2.94. The molecule has 2 aromatic rings. The van der Waals surface area contributed by atoms with Crippen LogP contribution in [-0.4, -0.2) is 86.8 Å². The fourth-order valence-corrected chi connectivity index (χ4v) is 7.06. The van der Waals surface area contributed by atoms with Crippen LogP contribution in [0.4, 0.5) is 5.13 Å². The summed E-state index contributed by atoms with van der Waals surface area (Å²) in [6, 6.07) is -0.967. The smallest absolute Gasteiger partial charge is 0.353 e. The molecule has 0 radical (unpaired) electrons. The first kappa shape index (κ1) is 27.7. The standard InChI is InChI=1S/C15H14N8O5S4.ClH.H2O/c16-15-18-5(2-30-15)8(21-28)11(24)19-9-12(25)23-10(14(26)27)6(3-29-13(9)23)31-4-32-7-1-17-22-20-7;;/h1-2,9,13,28H,3-4H2,(H2,16,18)(H,19,24)(H,26,27)(H,17,20,22);1H;1H2. The summed E-state index contributed by atoms with van der Waals surface area (Å²) < 4.78 is 0. The number of β-lactam (4-membered cyclic amide) rings is 1. The van der Waals surface area contributed by atoms with E-state index in [4.69, 9.17) is 5.73 Å². The topological polar surface area (TPSA) is 231 Å². The number of amides is 2. The molecule has 0 bridgehead atoms. The Kier molecular flexibility index (Phi) is 9.59. The van der Waals surface area contributed by atoms with E-state index in [1.807, 2.05) is 0 Å². The number of aromatic nitrogens is 4. The fraction of sp³-hybridized carbons (Fsp3) is 0.267. The van der Waals surface area contributed by atoms with Crippen LogP contribution < -0.4 is 11.1 Å². The van der Waals surface area contributed by atoms with Crippen molar-refractivity contribution >= 4 is 87.7 Å². The van der Waals surface area contributed by atoms with E-state index in [-0.39, 0.29) is 40.1 Å². The number of thiazole rings is 1. The van der Waals surface area contributed by atoms with Gasteiger partial charge in [-0.1, -0.05) is 16.9 Å². The summed E-state index contributed by atoms with van der Waals surface area (Å²) in [6.45, 7) is 0. The number of nitrogens with zero attached hydrogens (tertiary/aromatic N) is 5. The lowest BCUT2D eigenvalue weighted by molar-refractivity contribution is -0.150. The molecule has 0 spiro atoms. The van der Waals surface area contributed by atoms with E-state index >= 15 is 0 Å². The zero-order chi connectivity index (χ0) is 22.8. The van der Waals surface area contributed by atoms with Gasteiger partial charge in [-0.25, -0.2) is 9.78 Å². The minimum Gasteiger partial charge on any atom is -0.477 e. The van der Waals surface area contributed by atoms with Gasteiger partial charge in [0, 0.05) is 16.0 Å². The third-order valence-corrected chi connectivity index (χ3v) is 8.59. The average molecular weight is 569 g/mol. The number of rotatable bonds is 8. The van der Waals surface area contributed by atoms with Gasteiger partial charge in [-0.3, -0.25) is 14.5 Å². The number of oxime groups is 1. The molecule has 19 heteroatoms. The summed E-state index contributed by atoms with van der Waals surface area (Å²) >= 11 is 5.08. The van der Waals surface area contributed by atoms with Crippen molar-refractivity contribution in [2.24, 2.45) is 5.16 Å². The predicted octanol–water partition coefficient (Wildman–Crippen LogP) is -0.202. The molecule has 184 valence electrons. The van der Waals surface area contributed by atoms with Crippen molar-refractivity contribution in [1.82, 2.24) is 30.6 Å². The number of carboxylic acids is 1. The molecule has 2 aliphatic heterocycles. The second-order valence-electron chi connectivity index (χ2n) is 6.17. The molecular formula is C15H17ClN8O6S4. The molecule has 4 rings (SSSR count). The Bertz CT molecular complexity index is 1130. The van der Waals surface area contributed by atoms with Gasteiger partial charge in [0.05, 0.1) is 11.3 Å². The molecule has 0 saturated carbocycles. The van der Waals surface area contributed by atoms with E-state index in [9.17, 15) is 24.7 Å². The van der Waals surface area contributed by atoms with E-state index in [0.29, 0.717) is 20.8 Å². The van der Waals surface area contributed by atoms with Gasteiger partial charge in [-0.15, -0.1) is 52.4 Å². The molecule has 1 saturated heterocycles. The van der Waals surface area contributed by atoms with E-state index < -0.39 is 29.2 Å². The highest BCUT2D eigenvalue weighted by Gasteiger charge is 2.54. The first-order valence-electron chi connectivity index (χ1n) is 8.67. The number of nitrogen functional groups attached to an aromatic ring is 1. The van der Waals surface area contributed by atoms with E-state index in [1.54, 1.807) is 6.20 Å². The highest BCUT2D eigenvalue weighted by Crippen LogP contribution is 2.44. The van der Waals surface area contributed by atoms with Crippen LogP contribution in [0.2, 0.25) is 0 Å². The number of aliphatic carboxylic acids is 1. The number of anilines is 1. The van der Waals surface area contributed by atoms with Gasteiger partial charge >= 0.3 is 5.97 Å². The maximum Gasteiger partial charge on any atom is 0.353 e. The number of carboxylic acid groups (broad SMARTS) is 1. The van der Waals surface area contributed by atoms with Crippen molar-refractivity contribution in [2.75, 3.05) is 16.6 Å². The van der Waals surface area contributed by atoms with Gasteiger partial charge in [0.15, 0.2) is 10.8 Å². The number of carbonyl (C=O) groups is 3. The highest BCUT2D eigenvalue weighted by molar-refractivity contribution is 8.18. The number of hydrogen-bond acceptors (Lipinski definition) is 13. The molecule has 34 heavy (non-hydrogen) atoms. The first-order valence-corrected chi connectivity index (χ1v) is 12.6. The summed E-state index contributed by atoms with van der Waals surface area (Å²) in [5, 5.41) is 36.7. The molecule has 2 atom stereocenters. The van der Waals surface area contributed by atoms with Crippen LogP contribution in [0.3, 0.4) is 0 Å². The molecule has 1 fully saturated rings. The molecule has 2 aliphatic rings. The molecule has 0 aromatic carbocycles. The Hall–Kier alpha value is -2.51. The van der Waals surface area contributed by atoms with Crippen LogP contribution in [0.5, 0.6) is 0 Å². The molecule has 14 nitrogen and oxygen atoms in total. The third kappa shape index (κ3) is 5.41. The van der Waals surface area contributed by atoms with Crippen LogP contribution in [0, 0.1) is 0 Å². The van der Waals surface area contributed by atoms with E-state index in [0.717, 1.165) is 11.3 Å². The second kappa shape index (κ2) is 11.8. The van der Waals surface area contributed by atoms with Gasteiger partial charge < -0.3 is 26.8 Å². The number of nitrogens with two attached hydrogens (primary N) is 1. The van der Waals surface area contributed by atoms with Crippen molar-refractivity contribution in [1.29, 1.82) is 0 Å². The minimum absolute atomic E-state index is 0. The van der Waals surface area contributed by atoms with Gasteiger partial charge in [-0.05, 0) is 0 Å². The number of thioether (sulfide) groups is 3. The number of nitrogens with one attached hydrogen (secondary N) is 2. The summed E-state index contributed by atoms with van der Waals surface area (Å²) in [5.74, 6) is -2.25. The van der Waals surface area contributed by atoms with Crippen LogP contribution in [-0.2, 0) is 14.4 Å². The molecule has 2 aromatic heterocycles. The first-order chi connectivity index (χ1) is 15.4. The van der Waals surface area contributed by atoms with E-state index in [1.165, 1.54) is 45.6 Å². The van der Waals surface area contributed by atoms with Crippen molar-refractivity contribution in [3.63, 3.8) is 0 Å². The monoisotopic (exact) mass is 568 g/mol. The number of carbonyl (C=O) groups excluding carboxylic acids is 2. The Morgan fingerprint density at radius 2 is 2.18 bits per heavy atom. The SMILES string of the molecule is Cl.Nc1nc(C(=NO)C(=O)NC2C(=O)N3C(C(=O)O)=C(SCSc4cn[nH]n4)CSC23)cs1.O. The van der Waals surface area contributed by atoms with Crippen molar-refractivity contribution in [3.05, 3.63) is 27.9 Å². The second-order valence-corrected chi connectivity index (χ2v) is 10.6. The summed E-state index contributed by atoms with van der Waals surface area (Å²) in [5.41, 5.74) is 5.12. The van der Waals surface area contributed by atoms with Crippen molar-refractivity contribution in [3.8, 4) is 0 Å². The Labute approximate surface area is 213 Å². The lowest BCUT2D eigenvalue weighted by Gasteiger charge is -2.49. The number of halogens is 1. The number of fused-ring (bicyclic) bond motifs is 1. The summed E-state index contributed by atoms with van der Waals surface area (Å²) in [7, 11) is 0. The van der Waals surface area contributed by atoms with Crippen LogP contribution >= 0.6 is 59.0 Å². The summed E-state index contributed by atoms with van der Waals surface area (Å²) in [4.78, 5) is 42.8. The van der Waals surface area contributed by atoms with Gasteiger partial charge in [0.2, 0.25) is 0 Å². The van der Waals surface area contributed by atoms with E-state index in [2.05, 4.69) is 30.9 Å². The lowest BCUT2D eigenvalue weighted by atomic mass is 10.0. The molecule has 2 unspecified atom stereocenters. The number of aromatic amines is 1. The molecule has 8 N–H and O–H groups in total. The molecular weight excluding hydrogens is 552 g/mol. The molecule has 4 heterocycles. The maximum absolute atomic E-state index is 12.7. The van der Waals surface area contributed by atoms with Crippen LogP contribution in [0.1, 0.15) is 5.69 Å². The summed E-state index contributed by atoms with van der Waals surface area (Å²) in [6.07, 6.45) is 1.56. The number of hydrogen-bond donors (Lipinski definition) is 5. The third-order valence-electron chi connectivity index (χ3n) is 4.34. The average Bonchev–Trinajstić information content (AvgIpc) is 3.44.